The lowest BCUT2D eigenvalue weighted by Crippen LogP contribution is -2.43. The smallest absolute Gasteiger partial charge is 0.256 e. The molecule has 2 unspecified atom stereocenters. The first-order valence-corrected chi connectivity index (χ1v) is 13.6. The molecule has 2 aromatic rings. The lowest BCUT2D eigenvalue weighted by Gasteiger charge is -2.39. The molecule has 8 heteroatoms. The van der Waals surface area contributed by atoms with Crippen LogP contribution in [0.4, 0.5) is 5.69 Å². The van der Waals surface area contributed by atoms with Crippen molar-refractivity contribution >= 4 is 11.6 Å². The largest absolute Gasteiger partial charge is 0.496 e. The maximum absolute atomic E-state index is 13.5. The van der Waals surface area contributed by atoms with Crippen LogP contribution in [0, 0.1) is 13.8 Å². The number of aromatic nitrogens is 1. The van der Waals surface area contributed by atoms with Gasteiger partial charge in [-0.05, 0) is 83.4 Å². The first-order valence-electron chi connectivity index (χ1n) is 13.6. The highest BCUT2D eigenvalue weighted by Gasteiger charge is 2.38. The Morgan fingerprint density at radius 3 is 2.49 bits per heavy atom. The number of amides is 1. The third-order valence-corrected chi connectivity index (χ3v) is 8.19. The van der Waals surface area contributed by atoms with Gasteiger partial charge in [0.2, 0.25) is 0 Å². The number of H-pyrrole nitrogens is 1. The fourth-order valence-corrected chi connectivity index (χ4v) is 5.97. The third kappa shape index (κ3) is 5.35. The van der Waals surface area contributed by atoms with Crippen molar-refractivity contribution in [1.29, 1.82) is 0 Å². The van der Waals surface area contributed by atoms with Gasteiger partial charge >= 0.3 is 0 Å². The van der Waals surface area contributed by atoms with Crippen LogP contribution >= 0.6 is 0 Å². The molecule has 8 nitrogen and oxygen atoms in total. The van der Waals surface area contributed by atoms with Crippen LogP contribution in [-0.4, -0.2) is 48.9 Å². The second-order valence-electron chi connectivity index (χ2n) is 10.7. The van der Waals surface area contributed by atoms with Crippen LogP contribution in [0.25, 0.3) is 0 Å². The summed E-state index contributed by atoms with van der Waals surface area (Å²) in [6, 6.07) is 6.10. The summed E-state index contributed by atoms with van der Waals surface area (Å²) in [5.74, 6) is 0.963. The molecule has 2 atom stereocenters. The minimum Gasteiger partial charge on any atom is -0.496 e. The maximum Gasteiger partial charge on any atom is 0.256 e. The summed E-state index contributed by atoms with van der Waals surface area (Å²) in [5.41, 5.74) is 3.38. The van der Waals surface area contributed by atoms with Gasteiger partial charge < -0.3 is 29.4 Å². The second kappa shape index (κ2) is 10.8. The Bertz CT molecular complexity index is 1190. The Morgan fingerprint density at radius 2 is 1.86 bits per heavy atom. The van der Waals surface area contributed by atoms with Crippen molar-refractivity contribution in [2.45, 2.75) is 96.6 Å². The van der Waals surface area contributed by atoms with Crippen molar-refractivity contribution in [3.8, 4) is 11.5 Å². The number of fused-ring (bicyclic) bond motifs is 2. The molecule has 2 saturated heterocycles. The van der Waals surface area contributed by atoms with Crippen molar-refractivity contribution in [2.75, 3.05) is 18.6 Å². The number of pyridine rings is 1. The molecule has 1 aliphatic carbocycles. The predicted octanol–water partition coefficient (Wildman–Crippen LogP) is 4.40. The zero-order valence-corrected chi connectivity index (χ0v) is 22.4. The van der Waals surface area contributed by atoms with Crippen LogP contribution in [0.5, 0.6) is 11.5 Å². The van der Waals surface area contributed by atoms with Crippen molar-refractivity contribution < 1.29 is 19.0 Å². The number of hydrogen-bond acceptors (Lipinski definition) is 6. The summed E-state index contributed by atoms with van der Waals surface area (Å²) in [4.78, 5) is 31.3. The van der Waals surface area contributed by atoms with E-state index in [0.717, 1.165) is 62.1 Å². The van der Waals surface area contributed by atoms with Crippen LogP contribution in [0.2, 0.25) is 0 Å². The average Bonchev–Trinajstić information content (AvgIpc) is 3.19. The number of nitrogens with zero attached hydrogens (tertiary/aromatic N) is 1. The Kier molecular flexibility index (Phi) is 7.47. The molecule has 37 heavy (non-hydrogen) atoms. The van der Waals surface area contributed by atoms with Crippen molar-refractivity contribution in [1.82, 2.24) is 10.3 Å². The van der Waals surface area contributed by atoms with Crippen molar-refractivity contribution in [3.05, 3.63) is 50.9 Å². The van der Waals surface area contributed by atoms with E-state index < -0.39 is 0 Å². The fraction of sp³-hybridized carbons (Fsp3) is 0.586. The normalized spacial score (nSPS) is 22.9. The van der Waals surface area contributed by atoms with Crippen LogP contribution in [0.1, 0.15) is 79.0 Å². The first-order chi connectivity index (χ1) is 17.9. The quantitative estimate of drug-likeness (QED) is 0.521. The molecule has 5 rings (SSSR count). The number of carbonyl (C=O) groups excluding carboxylic acids is 1. The van der Waals surface area contributed by atoms with E-state index >= 15 is 0 Å². The molecule has 1 aromatic heterocycles. The highest BCUT2D eigenvalue weighted by atomic mass is 16.5. The third-order valence-electron chi connectivity index (χ3n) is 8.19. The van der Waals surface area contributed by atoms with E-state index in [9.17, 15) is 9.59 Å². The molecule has 1 aromatic carbocycles. The van der Waals surface area contributed by atoms with Gasteiger partial charge in [-0.1, -0.05) is 0 Å². The minimum atomic E-state index is -0.261. The van der Waals surface area contributed by atoms with E-state index in [4.69, 9.17) is 14.2 Å². The highest BCUT2D eigenvalue weighted by Crippen LogP contribution is 2.39. The lowest BCUT2D eigenvalue weighted by molar-refractivity contribution is -0.00369. The van der Waals surface area contributed by atoms with Gasteiger partial charge in [0.05, 0.1) is 37.5 Å². The number of aryl methyl sites for hydroxylation is 1. The van der Waals surface area contributed by atoms with Gasteiger partial charge in [0.15, 0.2) is 0 Å². The number of methoxy groups -OCH3 is 1. The summed E-state index contributed by atoms with van der Waals surface area (Å²) in [6.45, 7) is 6.89. The number of hydrogen-bond donors (Lipinski definition) is 2. The van der Waals surface area contributed by atoms with Crippen LogP contribution in [0.3, 0.4) is 0 Å². The van der Waals surface area contributed by atoms with E-state index in [-0.39, 0.29) is 24.1 Å². The standard InChI is InChI=1S/C29H39N3O5/c1-5-32(19-12-21-9-10-22(13-19)37-21)26-15-23(36-20-7-6-8-20)14-24(18(26)3)28(33)30-16-25-27(35-4)11-17(2)31-29(25)34/h11,14-15,19-22H,5-10,12-13,16H2,1-4H3,(H,30,33)(H,31,34). The van der Waals surface area contributed by atoms with Crippen molar-refractivity contribution in [2.24, 2.45) is 0 Å². The maximum atomic E-state index is 13.5. The van der Waals surface area contributed by atoms with Gasteiger partial charge in [-0.3, -0.25) is 9.59 Å². The van der Waals surface area contributed by atoms with Gasteiger partial charge in [0, 0.05) is 35.6 Å². The molecular weight excluding hydrogens is 470 g/mol. The van der Waals surface area contributed by atoms with Crippen molar-refractivity contribution in [3.63, 3.8) is 0 Å². The SMILES string of the molecule is CCN(c1cc(OC2CCC2)cc(C(=O)NCc2c(OC)cc(C)[nH]c2=O)c1C)C1CC2CCC(C1)O2. The van der Waals surface area contributed by atoms with Gasteiger partial charge in [-0.25, -0.2) is 0 Å². The van der Waals surface area contributed by atoms with Crippen LogP contribution < -0.4 is 25.2 Å². The Labute approximate surface area is 218 Å². The van der Waals surface area contributed by atoms with E-state index in [1.54, 1.807) is 13.0 Å². The first kappa shape index (κ1) is 25.6. The average molecular weight is 510 g/mol. The monoisotopic (exact) mass is 509 g/mol. The topological polar surface area (TPSA) is 92.9 Å². The molecule has 2 aliphatic heterocycles. The summed E-state index contributed by atoms with van der Waals surface area (Å²) in [6.07, 6.45) is 8.42. The summed E-state index contributed by atoms with van der Waals surface area (Å²) < 4.78 is 17.8. The fourth-order valence-electron chi connectivity index (χ4n) is 5.97. The number of rotatable bonds is 9. The molecule has 2 bridgehead atoms. The van der Waals surface area contributed by atoms with Gasteiger partial charge in [0.25, 0.3) is 11.5 Å². The lowest BCUT2D eigenvalue weighted by atomic mass is 9.95. The molecule has 3 aliphatic rings. The molecular formula is C29H39N3O5. The Balaban J connectivity index is 1.44. The highest BCUT2D eigenvalue weighted by molar-refractivity contribution is 5.97. The molecule has 3 fully saturated rings. The summed E-state index contributed by atoms with van der Waals surface area (Å²) in [5, 5.41) is 2.95. The molecule has 2 N–H and O–H groups in total. The number of nitrogens with one attached hydrogen (secondary N) is 2. The molecule has 3 heterocycles. The molecule has 0 radical (unpaired) electrons. The van der Waals surface area contributed by atoms with E-state index in [0.29, 0.717) is 40.8 Å². The number of carbonyl (C=O) groups is 1. The summed E-state index contributed by atoms with van der Waals surface area (Å²) >= 11 is 0. The molecule has 0 spiro atoms. The minimum absolute atomic E-state index is 0.0704. The second-order valence-corrected chi connectivity index (χ2v) is 10.7. The molecule has 1 amide bonds. The summed E-state index contributed by atoms with van der Waals surface area (Å²) in [7, 11) is 1.53. The number of aromatic amines is 1. The van der Waals surface area contributed by atoms with Gasteiger partial charge in [0.1, 0.15) is 11.5 Å². The Morgan fingerprint density at radius 1 is 1.14 bits per heavy atom. The molecule has 200 valence electrons. The van der Waals surface area contributed by atoms with E-state index in [1.807, 2.05) is 13.0 Å². The van der Waals surface area contributed by atoms with Gasteiger partial charge in [-0.15, -0.1) is 0 Å². The van der Waals surface area contributed by atoms with Gasteiger partial charge in [-0.2, -0.15) is 0 Å². The van der Waals surface area contributed by atoms with E-state index in [1.165, 1.54) is 13.5 Å². The number of anilines is 1. The number of ether oxygens (including phenoxy) is 3. The zero-order chi connectivity index (χ0) is 26.1. The number of benzene rings is 1. The predicted molar refractivity (Wildman–Crippen MR) is 143 cm³/mol. The zero-order valence-electron chi connectivity index (χ0n) is 22.4. The van der Waals surface area contributed by atoms with Crippen LogP contribution in [-0.2, 0) is 11.3 Å². The van der Waals surface area contributed by atoms with E-state index in [2.05, 4.69) is 28.2 Å². The molecule has 1 saturated carbocycles. The Hall–Kier alpha value is -3.00. The van der Waals surface area contributed by atoms with Crippen LogP contribution in [0.15, 0.2) is 23.0 Å².